The van der Waals surface area contributed by atoms with Crippen LogP contribution >= 0.6 is 22.9 Å². The zero-order chi connectivity index (χ0) is 10.3. The molecule has 0 aromatic rings. The van der Waals surface area contributed by atoms with E-state index in [1.165, 1.54) is 19.3 Å². The number of rotatable bonds is 1. The summed E-state index contributed by atoms with van der Waals surface area (Å²) in [5, 5.41) is 0. The molecule has 0 N–H and O–H groups in total. The van der Waals surface area contributed by atoms with Crippen LogP contribution in [-0.4, -0.2) is 21.6 Å². The van der Waals surface area contributed by atoms with Crippen LogP contribution in [-0.2, 0) is 0 Å². The van der Waals surface area contributed by atoms with Gasteiger partial charge in [-0.25, -0.2) is 0 Å². The van der Waals surface area contributed by atoms with E-state index in [2.05, 4.69) is 32.5 Å². The van der Waals surface area contributed by atoms with Crippen LogP contribution < -0.4 is 0 Å². The highest BCUT2D eigenvalue weighted by Crippen LogP contribution is 2.40. The van der Waals surface area contributed by atoms with Gasteiger partial charge in [-0.15, -0.1) is 22.9 Å². The molecule has 1 fully saturated rings. The second-order valence-corrected chi connectivity index (χ2v) is 6.18. The van der Waals surface area contributed by atoms with Crippen molar-refractivity contribution in [2.24, 2.45) is 0 Å². The summed E-state index contributed by atoms with van der Waals surface area (Å²) in [6, 6.07) is 0. The first-order valence-corrected chi connectivity index (χ1v) is 5.72. The minimum absolute atomic E-state index is 0.121. The fourth-order valence-corrected chi connectivity index (χ4v) is 3.60. The van der Waals surface area contributed by atoms with Gasteiger partial charge in [0, 0.05) is 11.1 Å². The summed E-state index contributed by atoms with van der Waals surface area (Å²) in [4.78, 5) is 2.21. The average Bonchev–Trinajstić information content (AvgIpc) is 1.79. The molecule has 0 bridgehead atoms. The second-order valence-electron chi connectivity index (χ2n) is 5.13. The van der Waals surface area contributed by atoms with E-state index in [9.17, 15) is 0 Å². The monoisotopic (exact) mass is 221 g/mol. The Morgan fingerprint density at radius 3 is 1.62 bits per heavy atom. The van der Waals surface area contributed by atoms with Crippen LogP contribution in [0.1, 0.15) is 47.0 Å². The zero-order valence-electron chi connectivity index (χ0n) is 8.90. The van der Waals surface area contributed by atoms with Gasteiger partial charge in [-0.1, -0.05) is 0 Å². The highest BCUT2D eigenvalue weighted by atomic mass is 35.5. The van der Waals surface area contributed by atoms with Gasteiger partial charge in [0.25, 0.3) is 0 Å². The lowest BCUT2D eigenvalue weighted by molar-refractivity contribution is 0.0544. The minimum atomic E-state index is -0.398. The van der Waals surface area contributed by atoms with Crippen molar-refractivity contribution in [1.29, 1.82) is 0 Å². The molecule has 0 aromatic heterocycles. The molecule has 0 spiro atoms. The Morgan fingerprint density at radius 1 is 1.00 bits per heavy atom. The molecule has 0 aromatic carbocycles. The molecule has 0 radical (unpaired) electrons. The molecule has 1 aliphatic heterocycles. The molecular formula is C9H18BCl2N. The largest absolute Gasteiger partial charge is 0.435 e. The van der Waals surface area contributed by atoms with Crippen LogP contribution in [0.3, 0.4) is 0 Å². The molecule has 4 heteroatoms. The summed E-state index contributed by atoms with van der Waals surface area (Å²) in [5.41, 5.74) is -0.156. The van der Waals surface area contributed by atoms with Crippen LogP contribution in [0.25, 0.3) is 0 Å². The first-order chi connectivity index (χ1) is 5.77. The highest BCUT2D eigenvalue weighted by Gasteiger charge is 2.45. The number of piperidine rings is 1. The van der Waals surface area contributed by atoms with Gasteiger partial charge >= 0.3 is 5.68 Å². The van der Waals surface area contributed by atoms with Crippen LogP contribution in [0.15, 0.2) is 0 Å². The normalized spacial score (nSPS) is 27.2. The first-order valence-electron chi connectivity index (χ1n) is 4.85. The van der Waals surface area contributed by atoms with Gasteiger partial charge in [-0.2, -0.15) is 0 Å². The Bertz CT molecular complexity index is 176. The van der Waals surface area contributed by atoms with Crippen molar-refractivity contribution in [3.05, 3.63) is 0 Å². The molecule has 1 heterocycles. The van der Waals surface area contributed by atoms with Gasteiger partial charge in [-0.05, 0) is 47.0 Å². The molecule has 1 nitrogen and oxygen atoms in total. The summed E-state index contributed by atoms with van der Waals surface area (Å²) >= 11 is 12.0. The van der Waals surface area contributed by atoms with Gasteiger partial charge in [0.2, 0.25) is 0 Å². The molecule has 0 amide bonds. The Kier molecular flexibility index (Phi) is 3.27. The third kappa shape index (κ3) is 2.34. The average molecular weight is 222 g/mol. The molecule has 1 saturated heterocycles. The Hall–Kier alpha value is 0.605. The topological polar surface area (TPSA) is 3.24 Å². The summed E-state index contributed by atoms with van der Waals surface area (Å²) in [6.45, 7) is 8.86. The van der Waals surface area contributed by atoms with Crippen molar-refractivity contribution < 1.29 is 0 Å². The van der Waals surface area contributed by atoms with Gasteiger partial charge in [0.05, 0.1) is 0 Å². The molecule has 1 aliphatic rings. The lowest BCUT2D eigenvalue weighted by Gasteiger charge is -2.53. The van der Waals surface area contributed by atoms with E-state index in [0.29, 0.717) is 0 Å². The Labute approximate surface area is 91.7 Å². The highest BCUT2D eigenvalue weighted by molar-refractivity contribution is 7.32. The Morgan fingerprint density at radius 2 is 1.38 bits per heavy atom. The van der Waals surface area contributed by atoms with Crippen molar-refractivity contribution in [2.75, 3.05) is 0 Å². The van der Waals surface area contributed by atoms with Crippen molar-refractivity contribution in [3.63, 3.8) is 0 Å². The lowest BCUT2D eigenvalue weighted by atomic mass is 9.76. The predicted molar refractivity (Wildman–Crippen MR) is 61.3 cm³/mol. The van der Waals surface area contributed by atoms with E-state index in [0.717, 1.165) is 0 Å². The van der Waals surface area contributed by atoms with E-state index in [-0.39, 0.29) is 11.1 Å². The van der Waals surface area contributed by atoms with E-state index < -0.39 is 5.68 Å². The van der Waals surface area contributed by atoms with E-state index in [1.54, 1.807) is 0 Å². The molecule has 0 aliphatic carbocycles. The maximum absolute atomic E-state index is 6.02. The standard InChI is InChI=1S/C9H18BCl2N/c1-8(2)6-5-7-9(3,4)13(8)10(11)12/h5-7H2,1-4H3. The number of halogens is 2. The van der Waals surface area contributed by atoms with Crippen LogP contribution in [0, 0.1) is 0 Å². The Balaban J connectivity index is 2.91. The fraction of sp³-hybridized carbons (Fsp3) is 1.00. The van der Waals surface area contributed by atoms with E-state index in [4.69, 9.17) is 22.9 Å². The third-order valence-electron chi connectivity index (χ3n) is 3.08. The predicted octanol–water partition coefficient (Wildman–Crippen LogP) is 3.49. The molecule has 0 saturated carbocycles. The maximum atomic E-state index is 6.02. The maximum Gasteiger partial charge on any atom is 0.435 e. The lowest BCUT2D eigenvalue weighted by Crippen LogP contribution is -2.61. The summed E-state index contributed by atoms with van der Waals surface area (Å²) in [7, 11) is 0. The number of nitrogens with zero attached hydrogens (tertiary/aromatic N) is 1. The van der Waals surface area contributed by atoms with Gasteiger partial charge < -0.3 is 4.81 Å². The number of hydrogen-bond acceptors (Lipinski definition) is 1. The summed E-state index contributed by atoms with van der Waals surface area (Å²) in [5.74, 6) is 0. The fourth-order valence-electron chi connectivity index (χ4n) is 2.54. The second kappa shape index (κ2) is 3.64. The van der Waals surface area contributed by atoms with E-state index >= 15 is 0 Å². The first kappa shape index (κ1) is 11.7. The van der Waals surface area contributed by atoms with Crippen LogP contribution in [0.5, 0.6) is 0 Å². The van der Waals surface area contributed by atoms with Crippen molar-refractivity contribution in [1.82, 2.24) is 4.81 Å². The summed E-state index contributed by atoms with van der Waals surface area (Å²) in [6.07, 6.45) is 3.61. The molecule has 1 rings (SSSR count). The molecule has 0 unspecified atom stereocenters. The van der Waals surface area contributed by atoms with E-state index in [1.807, 2.05) is 0 Å². The third-order valence-corrected chi connectivity index (χ3v) is 3.47. The minimum Gasteiger partial charge on any atom is -0.305 e. The SMILES string of the molecule is CC1(C)CCCC(C)(C)N1B(Cl)Cl. The smallest absolute Gasteiger partial charge is 0.305 e. The van der Waals surface area contributed by atoms with Crippen molar-refractivity contribution in [2.45, 2.75) is 58.0 Å². The van der Waals surface area contributed by atoms with Crippen molar-refractivity contribution >= 4 is 28.6 Å². The molecule has 0 atom stereocenters. The van der Waals surface area contributed by atoms with Gasteiger partial charge in [-0.3, -0.25) is 0 Å². The molecule has 76 valence electrons. The molecular weight excluding hydrogens is 204 g/mol. The van der Waals surface area contributed by atoms with Crippen LogP contribution in [0.2, 0.25) is 0 Å². The number of hydrogen-bond donors (Lipinski definition) is 0. The van der Waals surface area contributed by atoms with Crippen molar-refractivity contribution in [3.8, 4) is 0 Å². The quantitative estimate of drug-likeness (QED) is 0.613. The van der Waals surface area contributed by atoms with Crippen LogP contribution in [0.4, 0.5) is 0 Å². The van der Waals surface area contributed by atoms with Gasteiger partial charge in [0.15, 0.2) is 0 Å². The van der Waals surface area contributed by atoms with Gasteiger partial charge in [0.1, 0.15) is 0 Å². The zero-order valence-corrected chi connectivity index (χ0v) is 10.4. The summed E-state index contributed by atoms with van der Waals surface area (Å²) < 4.78 is 0. The molecule has 13 heavy (non-hydrogen) atoms.